The van der Waals surface area contributed by atoms with E-state index in [1.54, 1.807) is 12.4 Å². The van der Waals surface area contributed by atoms with Gasteiger partial charge in [0.25, 0.3) is 5.91 Å². The summed E-state index contributed by atoms with van der Waals surface area (Å²) in [4.78, 5) is 23.3. The van der Waals surface area contributed by atoms with Crippen LogP contribution in [0.5, 0.6) is 0 Å². The number of hydrogen-bond acceptors (Lipinski definition) is 4. The summed E-state index contributed by atoms with van der Waals surface area (Å²) in [6, 6.07) is 18.3. The highest BCUT2D eigenvalue weighted by Gasteiger charge is 2.22. The van der Waals surface area contributed by atoms with Gasteiger partial charge in [-0.05, 0) is 49.2 Å². The third-order valence-electron chi connectivity index (χ3n) is 5.51. The van der Waals surface area contributed by atoms with Crippen molar-refractivity contribution in [2.24, 2.45) is 0 Å². The first-order valence-electron chi connectivity index (χ1n) is 10.2. The molecule has 3 aromatic rings. The van der Waals surface area contributed by atoms with Crippen LogP contribution in [0.2, 0.25) is 0 Å². The van der Waals surface area contributed by atoms with E-state index >= 15 is 0 Å². The third-order valence-corrected chi connectivity index (χ3v) is 5.51. The summed E-state index contributed by atoms with van der Waals surface area (Å²) in [5.41, 5.74) is 3.86. The van der Waals surface area contributed by atoms with Gasteiger partial charge in [-0.15, -0.1) is 0 Å². The van der Waals surface area contributed by atoms with Crippen LogP contribution < -0.4 is 5.32 Å². The van der Waals surface area contributed by atoms with Gasteiger partial charge in [-0.3, -0.25) is 9.69 Å². The minimum absolute atomic E-state index is 0.0428. The summed E-state index contributed by atoms with van der Waals surface area (Å²) >= 11 is 0. The van der Waals surface area contributed by atoms with E-state index in [9.17, 15) is 4.79 Å². The van der Waals surface area contributed by atoms with Crippen molar-refractivity contribution in [1.29, 1.82) is 0 Å². The highest BCUT2D eigenvalue weighted by molar-refractivity contribution is 5.94. The van der Waals surface area contributed by atoms with Gasteiger partial charge in [-0.2, -0.15) is 0 Å². The van der Waals surface area contributed by atoms with Gasteiger partial charge in [0, 0.05) is 30.1 Å². The van der Waals surface area contributed by atoms with Crippen LogP contribution >= 0.6 is 0 Å². The maximum Gasteiger partial charge on any atom is 0.251 e. The quantitative estimate of drug-likeness (QED) is 0.693. The summed E-state index contributed by atoms with van der Waals surface area (Å²) < 4.78 is 0. The molecule has 2 aromatic carbocycles. The van der Waals surface area contributed by atoms with Gasteiger partial charge in [0.15, 0.2) is 0 Å². The zero-order valence-electron chi connectivity index (χ0n) is 16.5. The highest BCUT2D eigenvalue weighted by Crippen LogP contribution is 2.24. The van der Waals surface area contributed by atoms with E-state index < -0.39 is 0 Å². The molecule has 1 aliphatic rings. The summed E-state index contributed by atoms with van der Waals surface area (Å²) in [5.74, 6) is -0.0428. The number of carbonyl (C=O) groups is 1. The Kier molecular flexibility index (Phi) is 6.27. The molecule has 1 aliphatic heterocycles. The van der Waals surface area contributed by atoms with E-state index in [4.69, 9.17) is 0 Å². The Balaban J connectivity index is 1.43. The van der Waals surface area contributed by atoms with Crippen molar-refractivity contribution in [3.8, 4) is 11.1 Å². The lowest BCUT2D eigenvalue weighted by Gasteiger charge is -2.35. The number of piperidine rings is 1. The minimum atomic E-state index is -0.0428. The predicted octanol–water partition coefficient (Wildman–Crippen LogP) is 4.10. The Morgan fingerprint density at radius 2 is 1.59 bits per heavy atom. The van der Waals surface area contributed by atoms with Gasteiger partial charge < -0.3 is 5.32 Å². The number of nitrogens with one attached hydrogen (secondary N) is 1. The average Bonchev–Trinajstić information content (AvgIpc) is 2.81. The van der Waals surface area contributed by atoms with Crippen molar-refractivity contribution in [1.82, 2.24) is 20.2 Å². The molecule has 148 valence electrons. The van der Waals surface area contributed by atoms with Crippen LogP contribution in [0.15, 0.2) is 73.3 Å². The van der Waals surface area contributed by atoms with Gasteiger partial charge in [0.1, 0.15) is 6.33 Å². The lowest BCUT2D eigenvalue weighted by molar-refractivity contribution is 0.0924. The molecular weight excluding hydrogens is 360 g/mol. The van der Waals surface area contributed by atoms with Crippen molar-refractivity contribution >= 4 is 5.91 Å². The summed E-state index contributed by atoms with van der Waals surface area (Å²) in [7, 11) is 0. The number of rotatable bonds is 6. The van der Waals surface area contributed by atoms with E-state index in [1.807, 2.05) is 30.3 Å². The van der Waals surface area contributed by atoms with Crippen LogP contribution in [0, 0.1) is 0 Å². The monoisotopic (exact) mass is 386 g/mol. The Morgan fingerprint density at radius 3 is 2.28 bits per heavy atom. The Morgan fingerprint density at radius 1 is 0.897 bits per heavy atom. The first kappa shape index (κ1) is 19.3. The van der Waals surface area contributed by atoms with Crippen LogP contribution in [-0.4, -0.2) is 40.4 Å². The van der Waals surface area contributed by atoms with Crippen LogP contribution in [0.4, 0.5) is 0 Å². The minimum Gasteiger partial charge on any atom is -0.350 e. The standard InChI is InChI=1S/C24H26N4O/c29-24(21-11-9-19(10-12-21)22-15-25-18-26-16-22)27-17-23(20-7-3-1-4-8-20)28-13-5-2-6-14-28/h1,3-4,7-12,15-16,18,23H,2,5-6,13-14,17H2,(H,27,29)/t23-/m1/s1. The van der Waals surface area contributed by atoms with Gasteiger partial charge in [-0.1, -0.05) is 48.9 Å². The van der Waals surface area contributed by atoms with E-state index in [1.165, 1.54) is 31.2 Å². The number of aromatic nitrogens is 2. The lowest BCUT2D eigenvalue weighted by atomic mass is 10.0. The van der Waals surface area contributed by atoms with Gasteiger partial charge in [0.05, 0.1) is 6.04 Å². The van der Waals surface area contributed by atoms with Crippen molar-refractivity contribution in [2.75, 3.05) is 19.6 Å². The van der Waals surface area contributed by atoms with Crippen LogP contribution in [-0.2, 0) is 0 Å². The van der Waals surface area contributed by atoms with Crippen LogP contribution in [0.25, 0.3) is 11.1 Å². The lowest BCUT2D eigenvalue weighted by Crippen LogP contribution is -2.40. The summed E-state index contributed by atoms with van der Waals surface area (Å²) in [6.07, 6.45) is 8.79. The molecule has 1 saturated heterocycles. The molecular formula is C24H26N4O. The fraction of sp³-hybridized carbons (Fsp3) is 0.292. The molecule has 1 atom stereocenters. The normalized spacial score (nSPS) is 15.6. The second-order valence-corrected chi connectivity index (χ2v) is 7.44. The highest BCUT2D eigenvalue weighted by atomic mass is 16.1. The maximum absolute atomic E-state index is 12.8. The smallest absolute Gasteiger partial charge is 0.251 e. The van der Waals surface area contributed by atoms with E-state index in [0.717, 1.165) is 24.2 Å². The molecule has 0 saturated carbocycles. The Bertz CT molecular complexity index is 907. The predicted molar refractivity (Wildman–Crippen MR) is 114 cm³/mol. The molecule has 1 N–H and O–H groups in total. The topological polar surface area (TPSA) is 58.1 Å². The van der Waals surface area contributed by atoms with E-state index in [-0.39, 0.29) is 11.9 Å². The number of carbonyl (C=O) groups excluding carboxylic acids is 1. The Labute approximate surface area is 171 Å². The number of hydrogen-bond donors (Lipinski definition) is 1. The fourth-order valence-electron chi connectivity index (χ4n) is 3.92. The van der Waals surface area contributed by atoms with E-state index in [2.05, 4.69) is 44.5 Å². The zero-order chi connectivity index (χ0) is 19.9. The molecule has 29 heavy (non-hydrogen) atoms. The summed E-state index contributed by atoms with van der Waals surface area (Å²) in [5, 5.41) is 3.15. The summed E-state index contributed by atoms with van der Waals surface area (Å²) in [6.45, 7) is 2.78. The SMILES string of the molecule is O=C(NC[C@H](c1ccccc1)N1CCCCC1)c1ccc(-c2cncnc2)cc1. The van der Waals surface area contributed by atoms with Gasteiger partial charge in [0.2, 0.25) is 0 Å². The molecule has 4 rings (SSSR count). The van der Waals surface area contributed by atoms with Crippen molar-refractivity contribution in [3.05, 3.63) is 84.4 Å². The van der Waals surface area contributed by atoms with Crippen LogP contribution in [0.3, 0.4) is 0 Å². The number of nitrogens with zero attached hydrogens (tertiary/aromatic N) is 3. The van der Waals surface area contributed by atoms with Crippen LogP contribution in [0.1, 0.15) is 41.2 Å². The van der Waals surface area contributed by atoms with Crippen molar-refractivity contribution < 1.29 is 4.79 Å². The molecule has 0 aliphatic carbocycles. The maximum atomic E-state index is 12.8. The molecule has 2 heterocycles. The largest absolute Gasteiger partial charge is 0.350 e. The van der Waals surface area contributed by atoms with Crippen molar-refractivity contribution in [3.63, 3.8) is 0 Å². The second kappa shape index (κ2) is 9.43. The fourth-order valence-corrected chi connectivity index (χ4v) is 3.92. The second-order valence-electron chi connectivity index (χ2n) is 7.44. The third kappa shape index (κ3) is 4.87. The van der Waals surface area contributed by atoms with E-state index in [0.29, 0.717) is 12.1 Å². The molecule has 1 fully saturated rings. The molecule has 0 radical (unpaired) electrons. The number of likely N-dealkylation sites (tertiary alicyclic amines) is 1. The molecule has 0 spiro atoms. The average molecular weight is 386 g/mol. The molecule has 0 unspecified atom stereocenters. The Hall–Kier alpha value is -3.05. The first-order valence-corrected chi connectivity index (χ1v) is 10.2. The number of benzene rings is 2. The molecule has 5 nitrogen and oxygen atoms in total. The van der Waals surface area contributed by atoms with Gasteiger partial charge in [-0.25, -0.2) is 9.97 Å². The first-order chi connectivity index (χ1) is 14.3. The molecule has 1 aromatic heterocycles. The zero-order valence-corrected chi connectivity index (χ0v) is 16.5. The molecule has 5 heteroatoms. The molecule has 0 bridgehead atoms. The molecule has 1 amide bonds. The number of amides is 1. The van der Waals surface area contributed by atoms with Crippen molar-refractivity contribution in [2.45, 2.75) is 25.3 Å². The van der Waals surface area contributed by atoms with Gasteiger partial charge >= 0.3 is 0 Å².